The molecule has 0 amide bonds. The summed E-state index contributed by atoms with van der Waals surface area (Å²) in [4.78, 5) is 5.75. The minimum atomic E-state index is 0.563. The molecule has 0 aliphatic heterocycles. The average molecular weight is 200 g/mol. The fourth-order valence-electron chi connectivity index (χ4n) is 0.942. The zero-order chi connectivity index (χ0) is 7.40. The van der Waals surface area contributed by atoms with E-state index in [4.69, 9.17) is 0 Å². The van der Waals surface area contributed by atoms with Crippen molar-refractivity contribution in [1.82, 2.24) is 0 Å². The van der Waals surface area contributed by atoms with Gasteiger partial charge in [0.2, 0.25) is 0 Å². The van der Waals surface area contributed by atoms with Gasteiger partial charge in [-0.05, 0) is 0 Å². The summed E-state index contributed by atoms with van der Waals surface area (Å²) in [6.45, 7) is 4.44. The normalized spacial score (nSPS) is 10.2. The van der Waals surface area contributed by atoms with Gasteiger partial charge in [0.25, 0.3) is 0 Å². The Bertz CT molecular complexity index is 188. The van der Waals surface area contributed by atoms with E-state index in [0.29, 0.717) is 14.5 Å². The van der Waals surface area contributed by atoms with Crippen LogP contribution in [0.2, 0.25) is 0 Å². The van der Waals surface area contributed by atoms with Gasteiger partial charge < -0.3 is 0 Å². The van der Waals surface area contributed by atoms with Gasteiger partial charge in [0.05, 0.1) is 0 Å². The molecule has 1 radical (unpaired) electrons. The zero-order valence-electron chi connectivity index (χ0n) is 6.61. The van der Waals surface area contributed by atoms with Crippen LogP contribution in [0.1, 0.15) is 30.9 Å². The van der Waals surface area contributed by atoms with E-state index in [1.54, 1.807) is 0 Å². The van der Waals surface area contributed by atoms with Crippen LogP contribution in [-0.2, 0) is 6.42 Å². The molecule has 0 saturated heterocycles. The summed E-state index contributed by atoms with van der Waals surface area (Å²) in [5.41, 5.74) is 2.97. The van der Waals surface area contributed by atoms with Crippen molar-refractivity contribution in [2.24, 2.45) is 0 Å². The van der Waals surface area contributed by atoms with Gasteiger partial charge in [-0.15, -0.1) is 0 Å². The first-order chi connectivity index (χ1) is 4.84. The van der Waals surface area contributed by atoms with E-state index in [-0.39, 0.29) is 0 Å². The molecule has 55 valence electrons. The molecule has 0 nitrogen and oxygen atoms in total. The number of hydrogen-bond donors (Lipinski definition) is 0. The zero-order valence-corrected chi connectivity index (χ0v) is 8.32. The van der Waals surface area contributed by atoms with E-state index in [0.717, 1.165) is 0 Å². The molecular formula is C9H13Se. The van der Waals surface area contributed by atoms with Crippen LogP contribution in [0.5, 0.6) is 0 Å². The van der Waals surface area contributed by atoms with Gasteiger partial charge in [-0.2, -0.15) is 0 Å². The number of rotatable bonds is 3. The monoisotopic (exact) mass is 201 g/mol. The predicted octanol–water partition coefficient (Wildman–Crippen LogP) is 2.19. The Morgan fingerprint density at radius 1 is 1.60 bits per heavy atom. The first kappa shape index (κ1) is 8.10. The van der Waals surface area contributed by atoms with Gasteiger partial charge in [-0.3, -0.25) is 0 Å². The Labute approximate surface area is 69.0 Å². The van der Waals surface area contributed by atoms with Crippen molar-refractivity contribution < 1.29 is 0 Å². The van der Waals surface area contributed by atoms with Gasteiger partial charge in [0.15, 0.2) is 0 Å². The van der Waals surface area contributed by atoms with Crippen molar-refractivity contribution in [2.75, 3.05) is 0 Å². The summed E-state index contributed by atoms with van der Waals surface area (Å²) in [6.07, 6.45) is 3.87. The molecule has 1 rings (SSSR count). The second-order valence-electron chi connectivity index (χ2n) is 2.60. The van der Waals surface area contributed by atoms with Gasteiger partial charge in [-0.1, -0.05) is 0 Å². The summed E-state index contributed by atoms with van der Waals surface area (Å²) in [6, 6.07) is 0. The third-order valence-corrected chi connectivity index (χ3v) is 3.43. The van der Waals surface area contributed by atoms with Gasteiger partial charge in [0, 0.05) is 0 Å². The van der Waals surface area contributed by atoms with E-state index in [1.807, 2.05) is 0 Å². The second-order valence-corrected chi connectivity index (χ2v) is 4.02. The van der Waals surface area contributed by atoms with E-state index < -0.39 is 0 Å². The topological polar surface area (TPSA) is 0 Å². The van der Waals surface area contributed by atoms with E-state index in [1.165, 1.54) is 30.4 Å². The van der Waals surface area contributed by atoms with Crippen LogP contribution in [0, 0.1) is 11.9 Å². The quantitative estimate of drug-likeness (QED) is 0.656. The molecule has 0 N–H and O–H groups in total. The molecule has 0 spiro atoms. The van der Waals surface area contributed by atoms with Crippen LogP contribution in [-0.4, -0.2) is 14.5 Å². The molecule has 0 aromatic carbocycles. The maximum absolute atomic E-state index is 3.43. The van der Waals surface area contributed by atoms with Crippen molar-refractivity contribution in [3.05, 3.63) is 21.0 Å². The van der Waals surface area contributed by atoms with Gasteiger partial charge in [-0.25, -0.2) is 0 Å². The van der Waals surface area contributed by atoms with Crippen LogP contribution in [0.4, 0.5) is 0 Å². The molecule has 1 heteroatoms. The molecule has 0 fully saturated rings. The second kappa shape index (κ2) is 4.00. The summed E-state index contributed by atoms with van der Waals surface area (Å²) < 4.78 is 0. The van der Waals surface area contributed by atoms with Crippen LogP contribution < -0.4 is 0 Å². The Morgan fingerprint density at radius 3 is 2.90 bits per heavy atom. The molecule has 0 bridgehead atoms. The number of unbranched alkanes of at least 4 members (excludes halogenated alkanes) is 1. The molecule has 1 aromatic rings. The van der Waals surface area contributed by atoms with Crippen molar-refractivity contribution in [1.29, 1.82) is 0 Å². The van der Waals surface area contributed by atoms with Crippen LogP contribution in [0.25, 0.3) is 0 Å². The molecule has 10 heavy (non-hydrogen) atoms. The van der Waals surface area contributed by atoms with Crippen molar-refractivity contribution in [3.8, 4) is 0 Å². The number of hydrogen-bond acceptors (Lipinski definition) is 0. The van der Waals surface area contributed by atoms with Gasteiger partial charge in [0.1, 0.15) is 0 Å². The molecule has 1 aromatic heterocycles. The standard InChI is InChI=1S/C9H13Se/c1-3-4-5-9-7-10-6-8(9)2/h6H,3-5H2,1-2H3. The summed E-state index contributed by atoms with van der Waals surface area (Å²) in [7, 11) is 0. The van der Waals surface area contributed by atoms with Crippen LogP contribution >= 0.6 is 0 Å². The Balaban J connectivity index is 2.49. The molecule has 0 saturated carbocycles. The Hall–Kier alpha value is -0.000519. The number of aryl methyl sites for hydroxylation is 2. The Kier molecular flexibility index (Phi) is 3.24. The summed E-state index contributed by atoms with van der Waals surface area (Å²) >= 11 is 0.563. The molecule has 1 heterocycles. The van der Waals surface area contributed by atoms with Crippen LogP contribution in [0.15, 0.2) is 4.94 Å². The van der Waals surface area contributed by atoms with Crippen molar-refractivity contribution >= 4 is 14.5 Å². The third kappa shape index (κ3) is 2.00. The van der Waals surface area contributed by atoms with Crippen molar-refractivity contribution in [3.63, 3.8) is 0 Å². The average Bonchev–Trinajstić information content (AvgIpc) is 2.31. The maximum atomic E-state index is 3.43. The molecular weight excluding hydrogens is 187 g/mol. The summed E-state index contributed by atoms with van der Waals surface area (Å²) in [5, 5.41) is 0. The molecule has 0 aliphatic carbocycles. The SMILES string of the molecule is CCCCc1[c][se]cc1C. The van der Waals surface area contributed by atoms with Crippen LogP contribution in [0.3, 0.4) is 0 Å². The third-order valence-electron chi connectivity index (χ3n) is 1.67. The minimum absolute atomic E-state index is 0.563. The van der Waals surface area contributed by atoms with E-state index in [9.17, 15) is 0 Å². The first-order valence-electron chi connectivity index (χ1n) is 3.79. The molecule has 0 unspecified atom stereocenters. The fourth-order valence-corrected chi connectivity index (χ4v) is 2.59. The predicted molar refractivity (Wildman–Crippen MR) is 45.6 cm³/mol. The molecule has 0 atom stereocenters. The van der Waals surface area contributed by atoms with Gasteiger partial charge >= 0.3 is 68.6 Å². The first-order valence-corrected chi connectivity index (χ1v) is 5.63. The van der Waals surface area contributed by atoms with E-state index in [2.05, 4.69) is 23.7 Å². The van der Waals surface area contributed by atoms with E-state index >= 15 is 0 Å². The fraction of sp³-hybridized carbons (Fsp3) is 0.556. The molecule has 0 aliphatic rings. The van der Waals surface area contributed by atoms with Crippen molar-refractivity contribution in [2.45, 2.75) is 33.1 Å². The Morgan fingerprint density at radius 2 is 2.40 bits per heavy atom. The summed E-state index contributed by atoms with van der Waals surface area (Å²) in [5.74, 6) is 0.